The largest absolute Gasteiger partial charge is 0.477 e. The first-order valence-corrected chi connectivity index (χ1v) is 6.92. The zero-order valence-corrected chi connectivity index (χ0v) is 11.7. The van der Waals surface area contributed by atoms with E-state index in [0.717, 1.165) is 31.6 Å². The van der Waals surface area contributed by atoms with Gasteiger partial charge < -0.3 is 10.1 Å². The minimum Gasteiger partial charge on any atom is -0.477 e. The summed E-state index contributed by atoms with van der Waals surface area (Å²) < 4.78 is 5.58. The van der Waals surface area contributed by atoms with E-state index < -0.39 is 0 Å². The summed E-state index contributed by atoms with van der Waals surface area (Å²) in [5, 5.41) is 3.21. The predicted octanol–water partition coefficient (Wildman–Crippen LogP) is 1.99. The molecule has 5 heteroatoms. The van der Waals surface area contributed by atoms with Gasteiger partial charge in [-0.25, -0.2) is 4.98 Å². The fraction of sp³-hybridized carbons (Fsp3) is 0.400. The molecule has 2 heterocycles. The van der Waals surface area contributed by atoms with Crippen molar-refractivity contribution in [2.24, 2.45) is 0 Å². The van der Waals surface area contributed by atoms with E-state index in [1.54, 1.807) is 12.4 Å². The van der Waals surface area contributed by atoms with Crippen LogP contribution in [0, 0.1) is 0 Å². The Balaban J connectivity index is 1.69. The van der Waals surface area contributed by atoms with Gasteiger partial charge >= 0.3 is 0 Å². The fourth-order valence-corrected chi connectivity index (χ4v) is 1.76. The standard InChI is InChI=1S/C15H20N4O/c1-2-16-10-14-11-19-15(12-18-14)20-9-3-4-13-5-7-17-8-6-13/h5-8,11-12,16H,2-4,9-10H2,1H3. The highest BCUT2D eigenvalue weighted by molar-refractivity contribution is 5.10. The maximum Gasteiger partial charge on any atom is 0.232 e. The minimum atomic E-state index is 0.583. The van der Waals surface area contributed by atoms with Crippen LogP contribution in [0.4, 0.5) is 0 Å². The van der Waals surface area contributed by atoms with Crippen LogP contribution >= 0.6 is 0 Å². The number of hydrogen-bond donors (Lipinski definition) is 1. The molecule has 0 saturated carbocycles. The molecule has 0 aliphatic rings. The van der Waals surface area contributed by atoms with Crippen molar-refractivity contribution in [2.75, 3.05) is 13.2 Å². The molecular formula is C15H20N4O. The molecule has 0 atom stereocenters. The highest BCUT2D eigenvalue weighted by atomic mass is 16.5. The van der Waals surface area contributed by atoms with Crippen molar-refractivity contribution in [3.05, 3.63) is 48.2 Å². The van der Waals surface area contributed by atoms with Crippen LogP contribution in [0.15, 0.2) is 36.9 Å². The number of hydrogen-bond acceptors (Lipinski definition) is 5. The molecule has 20 heavy (non-hydrogen) atoms. The van der Waals surface area contributed by atoms with E-state index in [-0.39, 0.29) is 0 Å². The van der Waals surface area contributed by atoms with Crippen molar-refractivity contribution >= 4 is 0 Å². The third-order valence-corrected chi connectivity index (χ3v) is 2.85. The van der Waals surface area contributed by atoms with Crippen LogP contribution in [-0.2, 0) is 13.0 Å². The zero-order valence-electron chi connectivity index (χ0n) is 11.7. The van der Waals surface area contributed by atoms with Crippen molar-refractivity contribution < 1.29 is 4.74 Å². The first-order chi connectivity index (χ1) is 9.88. The zero-order chi connectivity index (χ0) is 14.0. The second-order valence-corrected chi connectivity index (χ2v) is 4.43. The number of ether oxygens (including phenoxy) is 1. The van der Waals surface area contributed by atoms with Gasteiger partial charge in [-0.3, -0.25) is 9.97 Å². The lowest BCUT2D eigenvalue weighted by molar-refractivity contribution is 0.297. The summed E-state index contributed by atoms with van der Waals surface area (Å²) in [6.45, 7) is 4.37. The number of pyridine rings is 1. The second-order valence-electron chi connectivity index (χ2n) is 4.43. The predicted molar refractivity (Wildman–Crippen MR) is 77.5 cm³/mol. The minimum absolute atomic E-state index is 0.583. The first-order valence-electron chi connectivity index (χ1n) is 6.92. The number of aryl methyl sites for hydroxylation is 1. The van der Waals surface area contributed by atoms with Crippen LogP contribution in [-0.4, -0.2) is 28.1 Å². The molecule has 0 aliphatic heterocycles. The number of rotatable bonds is 8. The van der Waals surface area contributed by atoms with E-state index in [2.05, 4.69) is 27.2 Å². The average molecular weight is 272 g/mol. The van der Waals surface area contributed by atoms with Crippen LogP contribution in [0.3, 0.4) is 0 Å². The van der Waals surface area contributed by atoms with E-state index in [0.29, 0.717) is 12.5 Å². The summed E-state index contributed by atoms with van der Waals surface area (Å²) in [5.41, 5.74) is 2.20. The summed E-state index contributed by atoms with van der Waals surface area (Å²) in [4.78, 5) is 12.5. The van der Waals surface area contributed by atoms with Crippen molar-refractivity contribution in [3.63, 3.8) is 0 Å². The van der Waals surface area contributed by atoms with Gasteiger partial charge in [0.2, 0.25) is 5.88 Å². The van der Waals surface area contributed by atoms with Crippen LogP contribution in [0.5, 0.6) is 5.88 Å². The molecule has 0 bridgehead atoms. The van der Waals surface area contributed by atoms with Gasteiger partial charge in [-0.05, 0) is 37.1 Å². The molecule has 1 N–H and O–H groups in total. The Morgan fingerprint density at radius 3 is 2.70 bits per heavy atom. The number of aromatic nitrogens is 3. The molecule has 5 nitrogen and oxygen atoms in total. The second kappa shape index (κ2) is 8.22. The normalized spacial score (nSPS) is 10.4. The Bertz CT molecular complexity index is 487. The van der Waals surface area contributed by atoms with Gasteiger partial charge in [-0.15, -0.1) is 0 Å². The maximum absolute atomic E-state index is 5.58. The summed E-state index contributed by atoms with van der Waals surface area (Å²) in [6, 6.07) is 4.05. The molecule has 0 unspecified atom stereocenters. The number of nitrogens with one attached hydrogen (secondary N) is 1. The summed E-state index contributed by atoms with van der Waals surface area (Å²) in [5.74, 6) is 0.583. The molecule has 0 saturated heterocycles. The molecule has 0 radical (unpaired) electrons. The lowest BCUT2D eigenvalue weighted by Gasteiger charge is -2.06. The van der Waals surface area contributed by atoms with Crippen molar-refractivity contribution in [1.29, 1.82) is 0 Å². The third-order valence-electron chi connectivity index (χ3n) is 2.85. The molecule has 0 fully saturated rings. The van der Waals surface area contributed by atoms with Crippen LogP contribution in [0.25, 0.3) is 0 Å². The third kappa shape index (κ3) is 4.93. The van der Waals surface area contributed by atoms with E-state index in [9.17, 15) is 0 Å². The van der Waals surface area contributed by atoms with Gasteiger partial charge in [-0.2, -0.15) is 0 Å². The van der Waals surface area contributed by atoms with E-state index in [1.165, 1.54) is 5.56 Å². The summed E-state index contributed by atoms with van der Waals surface area (Å²) in [6.07, 6.45) is 8.98. The van der Waals surface area contributed by atoms with Gasteiger partial charge in [0.1, 0.15) is 0 Å². The average Bonchev–Trinajstić information content (AvgIpc) is 2.52. The molecule has 2 rings (SSSR count). The molecule has 0 aliphatic carbocycles. The van der Waals surface area contributed by atoms with Crippen LogP contribution in [0.2, 0.25) is 0 Å². The highest BCUT2D eigenvalue weighted by Crippen LogP contribution is 2.06. The van der Waals surface area contributed by atoms with E-state index in [4.69, 9.17) is 4.74 Å². The fourth-order valence-electron chi connectivity index (χ4n) is 1.76. The topological polar surface area (TPSA) is 59.9 Å². The Hall–Kier alpha value is -2.01. The molecular weight excluding hydrogens is 252 g/mol. The van der Waals surface area contributed by atoms with Gasteiger partial charge in [0, 0.05) is 18.9 Å². The highest BCUT2D eigenvalue weighted by Gasteiger charge is 1.99. The Labute approximate surface area is 119 Å². The summed E-state index contributed by atoms with van der Waals surface area (Å²) in [7, 11) is 0. The molecule has 0 spiro atoms. The molecule has 0 amide bonds. The lowest BCUT2D eigenvalue weighted by Crippen LogP contribution is -2.13. The first kappa shape index (κ1) is 14.4. The SMILES string of the molecule is CCNCc1cnc(OCCCc2ccncc2)cn1. The molecule has 106 valence electrons. The quantitative estimate of drug-likeness (QED) is 0.745. The molecule has 2 aromatic rings. The van der Waals surface area contributed by atoms with Gasteiger partial charge in [-0.1, -0.05) is 6.92 Å². The van der Waals surface area contributed by atoms with Crippen molar-refractivity contribution in [1.82, 2.24) is 20.3 Å². The summed E-state index contributed by atoms with van der Waals surface area (Å²) >= 11 is 0. The van der Waals surface area contributed by atoms with Gasteiger partial charge in [0.15, 0.2) is 0 Å². The number of nitrogens with zero attached hydrogens (tertiary/aromatic N) is 3. The Morgan fingerprint density at radius 2 is 2.00 bits per heavy atom. The van der Waals surface area contributed by atoms with E-state index >= 15 is 0 Å². The lowest BCUT2D eigenvalue weighted by atomic mass is 10.1. The van der Waals surface area contributed by atoms with Crippen LogP contribution < -0.4 is 10.1 Å². The Kier molecular flexibility index (Phi) is 5.92. The van der Waals surface area contributed by atoms with Crippen molar-refractivity contribution in [2.45, 2.75) is 26.3 Å². The molecule has 0 aromatic carbocycles. The smallest absolute Gasteiger partial charge is 0.232 e. The van der Waals surface area contributed by atoms with E-state index in [1.807, 2.05) is 24.5 Å². The van der Waals surface area contributed by atoms with Crippen LogP contribution in [0.1, 0.15) is 24.6 Å². The van der Waals surface area contributed by atoms with Gasteiger partial charge in [0.05, 0.1) is 24.7 Å². The Morgan fingerprint density at radius 1 is 1.15 bits per heavy atom. The van der Waals surface area contributed by atoms with Crippen molar-refractivity contribution in [3.8, 4) is 5.88 Å². The molecule has 2 aromatic heterocycles. The monoisotopic (exact) mass is 272 g/mol. The maximum atomic E-state index is 5.58. The van der Waals surface area contributed by atoms with Gasteiger partial charge in [0.25, 0.3) is 0 Å².